The van der Waals surface area contributed by atoms with Crippen LogP contribution < -0.4 is 0 Å². The lowest BCUT2D eigenvalue weighted by atomic mass is 10.3. The number of halogens is 1. The summed E-state index contributed by atoms with van der Waals surface area (Å²) in [7, 11) is 0. The van der Waals surface area contributed by atoms with E-state index in [2.05, 4.69) is 4.98 Å². The van der Waals surface area contributed by atoms with Gasteiger partial charge in [0.1, 0.15) is 5.82 Å². The van der Waals surface area contributed by atoms with Crippen molar-refractivity contribution in [3.8, 4) is 5.69 Å². The molecule has 1 aliphatic heterocycles. The van der Waals surface area contributed by atoms with Crippen LogP contribution in [0.15, 0.2) is 41.8 Å². The van der Waals surface area contributed by atoms with E-state index in [1.165, 1.54) is 23.9 Å². The van der Waals surface area contributed by atoms with Gasteiger partial charge in [-0.1, -0.05) is 17.8 Å². The van der Waals surface area contributed by atoms with Crippen LogP contribution in [0.5, 0.6) is 0 Å². The van der Waals surface area contributed by atoms with Crippen LogP contribution in [0.1, 0.15) is 19.8 Å². The Bertz CT molecular complexity index is 667. The van der Waals surface area contributed by atoms with E-state index in [4.69, 9.17) is 0 Å². The van der Waals surface area contributed by atoms with Crippen LogP contribution in [0.2, 0.25) is 0 Å². The minimum atomic E-state index is -0.289. The number of hydrogen-bond acceptors (Lipinski definition) is 3. The molecule has 116 valence electrons. The molecule has 2 heterocycles. The standard InChI is InChI=1S/C16H18FN3OS/c1-12(15(21)19-8-2-3-9-19)22-16-18-7-10-20(16)14-6-4-5-13(17)11-14/h4-7,10-12H,2-3,8-9H2,1H3. The number of imidazole rings is 1. The molecule has 0 saturated carbocycles. The molecule has 2 aromatic rings. The fourth-order valence-corrected chi connectivity index (χ4v) is 3.57. The quantitative estimate of drug-likeness (QED) is 0.813. The molecule has 1 amide bonds. The smallest absolute Gasteiger partial charge is 0.235 e. The zero-order valence-corrected chi connectivity index (χ0v) is 13.2. The SMILES string of the molecule is CC(Sc1nccn1-c1cccc(F)c1)C(=O)N1CCCC1. The summed E-state index contributed by atoms with van der Waals surface area (Å²) in [6.45, 7) is 3.60. The monoisotopic (exact) mass is 319 g/mol. The van der Waals surface area contributed by atoms with Crippen LogP contribution in [0.25, 0.3) is 5.69 Å². The highest BCUT2D eigenvalue weighted by molar-refractivity contribution is 8.00. The second kappa shape index (κ2) is 6.52. The number of aromatic nitrogens is 2. The number of rotatable bonds is 4. The third-order valence-electron chi connectivity index (χ3n) is 3.74. The van der Waals surface area contributed by atoms with Crippen LogP contribution in [0.4, 0.5) is 4.39 Å². The van der Waals surface area contributed by atoms with E-state index >= 15 is 0 Å². The Hall–Kier alpha value is -1.82. The lowest BCUT2D eigenvalue weighted by Gasteiger charge is -2.20. The van der Waals surface area contributed by atoms with E-state index in [1.54, 1.807) is 18.5 Å². The maximum Gasteiger partial charge on any atom is 0.235 e. The average molecular weight is 319 g/mol. The minimum Gasteiger partial charge on any atom is -0.342 e. The van der Waals surface area contributed by atoms with Gasteiger partial charge in [0.05, 0.1) is 10.9 Å². The Balaban J connectivity index is 1.76. The van der Waals surface area contributed by atoms with Crippen LogP contribution in [-0.2, 0) is 4.79 Å². The predicted molar refractivity (Wildman–Crippen MR) is 84.7 cm³/mol. The number of carbonyl (C=O) groups is 1. The summed E-state index contributed by atoms with van der Waals surface area (Å²) in [5.74, 6) is -0.139. The molecule has 3 rings (SSSR count). The third kappa shape index (κ3) is 3.16. The first-order valence-corrected chi connectivity index (χ1v) is 8.28. The molecule has 22 heavy (non-hydrogen) atoms. The molecule has 1 fully saturated rings. The van der Waals surface area contributed by atoms with Gasteiger partial charge in [-0.25, -0.2) is 9.37 Å². The van der Waals surface area contributed by atoms with Crippen LogP contribution in [-0.4, -0.2) is 38.7 Å². The summed E-state index contributed by atoms with van der Waals surface area (Å²) >= 11 is 1.41. The highest BCUT2D eigenvalue weighted by Gasteiger charge is 2.25. The summed E-state index contributed by atoms with van der Waals surface area (Å²) in [6, 6.07) is 6.35. The molecule has 0 bridgehead atoms. The van der Waals surface area contributed by atoms with Crippen molar-refractivity contribution in [1.82, 2.24) is 14.5 Å². The molecule has 0 aliphatic carbocycles. The van der Waals surface area contributed by atoms with Gasteiger partial charge in [0.25, 0.3) is 0 Å². The Kier molecular flexibility index (Phi) is 4.47. The van der Waals surface area contributed by atoms with Gasteiger partial charge < -0.3 is 4.90 Å². The Labute approximate surface area is 133 Å². The molecule has 1 saturated heterocycles. The zero-order chi connectivity index (χ0) is 15.5. The molecule has 0 spiro atoms. The second-order valence-corrected chi connectivity index (χ2v) is 6.66. The van der Waals surface area contributed by atoms with E-state index < -0.39 is 0 Å². The molecule has 6 heteroatoms. The number of carbonyl (C=O) groups excluding carboxylic acids is 1. The fraction of sp³-hybridized carbons (Fsp3) is 0.375. The lowest BCUT2D eigenvalue weighted by Crippen LogP contribution is -2.34. The number of benzene rings is 1. The molecule has 1 atom stereocenters. The van der Waals surface area contributed by atoms with Crippen LogP contribution >= 0.6 is 11.8 Å². The van der Waals surface area contributed by atoms with E-state index in [0.29, 0.717) is 10.8 Å². The van der Waals surface area contributed by atoms with Crippen molar-refractivity contribution >= 4 is 17.7 Å². The first-order valence-electron chi connectivity index (χ1n) is 7.40. The molecule has 1 aliphatic rings. The summed E-state index contributed by atoms with van der Waals surface area (Å²) in [6.07, 6.45) is 5.62. The van der Waals surface area contributed by atoms with Crippen molar-refractivity contribution in [3.63, 3.8) is 0 Å². The average Bonchev–Trinajstić information content (AvgIpc) is 3.18. The fourth-order valence-electron chi connectivity index (χ4n) is 2.60. The van der Waals surface area contributed by atoms with Crippen molar-refractivity contribution in [2.75, 3.05) is 13.1 Å². The molecule has 0 radical (unpaired) electrons. The molecule has 0 N–H and O–H groups in total. The minimum absolute atomic E-state index is 0.149. The number of nitrogens with zero attached hydrogens (tertiary/aromatic N) is 3. The van der Waals surface area contributed by atoms with Crippen molar-refractivity contribution < 1.29 is 9.18 Å². The molecule has 4 nitrogen and oxygen atoms in total. The third-order valence-corrected chi connectivity index (χ3v) is 4.81. The number of hydrogen-bond donors (Lipinski definition) is 0. The van der Waals surface area contributed by atoms with E-state index in [1.807, 2.05) is 22.5 Å². The Morgan fingerprint density at radius 3 is 2.86 bits per heavy atom. The van der Waals surface area contributed by atoms with Gasteiger partial charge in [-0.2, -0.15) is 0 Å². The normalized spacial score (nSPS) is 16.0. The summed E-state index contributed by atoms with van der Waals surface area (Å²) in [5.41, 5.74) is 0.709. The van der Waals surface area contributed by atoms with Crippen molar-refractivity contribution in [3.05, 3.63) is 42.5 Å². The predicted octanol–water partition coefficient (Wildman–Crippen LogP) is 3.11. The van der Waals surface area contributed by atoms with Gasteiger partial charge in [0, 0.05) is 25.5 Å². The van der Waals surface area contributed by atoms with E-state index in [0.717, 1.165) is 25.9 Å². The topological polar surface area (TPSA) is 38.1 Å². The van der Waals surface area contributed by atoms with E-state index in [-0.39, 0.29) is 17.0 Å². The highest BCUT2D eigenvalue weighted by Crippen LogP contribution is 2.26. The van der Waals surface area contributed by atoms with Gasteiger partial charge in [-0.15, -0.1) is 0 Å². The zero-order valence-electron chi connectivity index (χ0n) is 12.4. The van der Waals surface area contributed by atoms with Crippen LogP contribution in [0, 0.1) is 5.82 Å². The van der Waals surface area contributed by atoms with Crippen LogP contribution in [0.3, 0.4) is 0 Å². The number of amides is 1. The van der Waals surface area contributed by atoms with Gasteiger partial charge in [-0.05, 0) is 38.0 Å². The number of thioether (sulfide) groups is 1. The van der Waals surface area contributed by atoms with Crippen molar-refractivity contribution in [2.24, 2.45) is 0 Å². The maximum absolute atomic E-state index is 13.4. The van der Waals surface area contributed by atoms with Gasteiger partial charge in [0.2, 0.25) is 5.91 Å². The molecule has 1 aromatic carbocycles. The van der Waals surface area contributed by atoms with E-state index in [9.17, 15) is 9.18 Å². The highest BCUT2D eigenvalue weighted by atomic mass is 32.2. The Morgan fingerprint density at radius 2 is 2.14 bits per heavy atom. The molecule has 1 aromatic heterocycles. The first kappa shape index (κ1) is 15.1. The lowest BCUT2D eigenvalue weighted by molar-refractivity contribution is -0.129. The molecule has 1 unspecified atom stereocenters. The van der Waals surface area contributed by atoms with Gasteiger partial charge in [-0.3, -0.25) is 9.36 Å². The maximum atomic E-state index is 13.4. The number of likely N-dealkylation sites (tertiary alicyclic amines) is 1. The summed E-state index contributed by atoms with van der Waals surface area (Å²) < 4.78 is 15.2. The van der Waals surface area contributed by atoms with Gasteiger partial charge >= 0.3 is 0 Å². The Morgan fingerprint density at radius 1 is 1.36 bits per heavy atom. The largest absolute Gasteiger partial charge is 0.342 e. The first-order chi connectivity index (χ1) is 10.6. The second-order valence-electron chi connectivity index (χ2n) is 5.35. The van der Waals surface area contributed by atoms with Crippen molar-refractivity contribution in [2.45, 2.75) is 30.2 Å². The van der Waals surface area contributed by atoms with Crippen molar-refractivity contribution in [1.29, 1.82) is 0 Å². The summed E-state index contributed by atoms with van der Waals surface area (Å²) in [4.78, 5) is 18.6. The molecular weight excluding hydrogens is 301 g/mol. The summed E-state index contributed by atoms with van der Waals surface area (Å²) in [5, 5.41) is 0.499. The molecular formula is C16H18FN3OS. The van der Waals surface area contributed by atoms with Gasteiger partial charge in [0.15, 0.2) is 5.16 Å².